The minimum atomic E-state index is -0.491. The Morgan fingerprint density at radius 1 is 1.07 bits per heavy atom. The molecule has 0 unspecified atom stereocenters. The average Bonchev–Trinajstić information content (AvgIpc) is 2.73. The van der Waals surface area contributed by atoms with Crippen LogP contribution in [-0.4, -0.2) is 45.2 Å². The molecule has 1 aromatic carbocycles. The third-order valence-corrected chi connectivity index (χ3v) is 4.59. The lowest BCUT2D eigenvalue weighted by Gasteiger charge is -2.22. The second-order valence-corrected chi connectivity index (χ2v) is 6.48. The molecule has 8 heteroatoms. The van der Waals surface area contributed by atoms with Crippen LogP contribution >= 0.6 is 0 Å². The third kappa shape index (κ3) is 3.72. The second kappa shape index (κ2) is 8.18. The number of benzene rings is 1. The highest BCUT2D eigenvalue weighted by Gasteiger charge is 2.19. The zero-order chi connectivity index (χ0) is 20.3. The van der Waals surface area contributed by atoms with Gasteiger partial charge in [0, 0.05) is 34.3 Å². The van der Waals surface area contributed by atoms with Crippen molar-refractivity contribution in [3.8, 4) is 0 Å². The van der Waals surface area contributed by atoms with Crippen LogP contribution in [0.2, 0.25) is 0 Å². The summed E-state index contributed by atoms with van der Waals surface area (Å²) in [7, 11) is 4.51. The molecule has 0 saturated carbocycles. The molecule has 2 heterocycles. The number of nitrogens with zero attached hydrogens (tertiary/aromatic N) is 4. The van der Waals surface area contributed by atoms with E-state index < -0.39 is 11.2 Å². The van der Waals surface area contributed by atoms with Crippen LogP contribution in [0.3, 0.4) is 0 Å². The maximum atomic E-state index is 13.1. The standard InChI is InChI=1S/C20H22N4O4/c1-22-17-15(18(25)23(2)20(22)27)9-10-16(21-17)19(26)24(11-12-28-3)13-14-7-5-4-6-8-14/h4-10H,11-13H2,1-3H3. The minimum Gasteiger partial charge on any atom is -0.383 e. The molecule has 0 spiro atoms. The first-order valence-corrected chi connectivity index (χ1v) is 8.83. The van der Waals surface area contributed by atoms with Gasteiger partial charge >= 0.3 is 5.69 Å². The number of pyridine rings is 1. The van der Waals surface area contributed by atoms with E-state index in [4.69, 9.17) is 4.74 Å². The molecule has 3 rings (SSSR count). The lowest BCUT2D eigenvalue weighted by atomic mass is 10.2. The van der Waals surface area contributed by atoms with Gasteiger partial charge in [-0.2, -0.15) is 0 Å². The molecule has 8 nitrogen and oxygen atoms in total. The molecule has 28 heavy (non-hydrogen) atoms. The summed E-state index contributed by atoms with van der Waals surface area (Å²) in [6.45, 7) is 1.17. The van der Waals surface area contributed by atoms with Gasteiger partial charge in [-0.15, -0.1) is 0 Å². The molecule has 3 aromatic rings. The molecule has 0 bridgehead atoms. The number of aryl methyl sites for hydroxylation is 1. The number of ether oxygens (including phenoxy) is 1. The first kappa shape index (κ1) is 19.5. The van der Waals surface area contributed by atoms with Gasteiger partial charge in [0.2, 0.25) is 0 Å². The van der Waals surface area contributed by atoms with Gasteiger partial charge in [-0.1, -0.05) is 30.3 Å². The van der Waals surface area contributed by atoms with Gasteiger partial charge < -0.3 is 9.64 Å². The molecule has 0 aliphatic rings. The third-order valence-electron chi connectivity index (χ3n) is 4.59. The largest absolute Gasteiger partial charge is 0.383 e. The molecular formula is C20H22N4O4. The van der Waals surface area contributed by atoms with Gasteiger partial charge in [0.15, 0.2) is 0 Å². The number of amides is 1. The molecule has 0 atom stereocenters. The minimum absolute atomic E-state index is 0.169. The summed E-state index contributed by atoms with van der Waals surface area (Å²) < 4.78 is 7.41. The van der Waals surface area contributed by atoms with Crippen molar-refractivity contribution in [2.24, 2.45) is 14.1 Å². The summed E-state index contributed by atoms with van der Waals surface area (Å²) in [5, 5.41) is 0.285. The fraction of sp³-hybridized carbons (Fsp3) is 0.300. The number of rotatable bonds is 6. The van der Waals surface area contributed by atoms with E-state index in [1.165, 1.54) is 30.8 Å². The zero-order valence-electron chi connectivity index (χ0n) is 16.1. The quantitative estimate of drug-likeness (QED) is 0.633. The highest BCUT2D eigenvalue weighted by atomic mass is 16.5. The van der Waals surface area contributed by atoms with E-state index in [9.17, 15) is 14.4 Å². The highest BCUT2D eigenvalue weighted by Crippen LogP contribution is 2.12. The molecule has 0 saturated heterocycles. The summed E-state index contributed by atoms with van der Waals surface area (Å²) in [4.78, 5) is 43.5. The summed E-state index contributed by atoms with van der Waals surface area (Å²) in [5.41, 5.74) is 0.405. The van der Waals surface area contributed by atoms with Crippen LogP contribution in [0.25, 0.3) is 11.0 Å². The molecule has 0 radical (unpaired) electrons. The van der Waals surface area contributed by atoms with Crippen molar-refractivity contribution >= 4 is 16.9 Å². The smallest absolute Gasteiger partial charge is 0.332 e. The van der Waals surface area contributed by atoms with Gasteiger partial charge in [0.05, 0.1) is 12.0 Å². The van der Waals surface area contributed by atoms with E-state index >= 15 is 0 Å². The van der Waals surface area contributed by atoms with Gasteiger partial charge in [-0.3, -0.25) is 18.7 Å². The average molecular weight is 382 g/mol. The van der Waals surface area contributed by atoms with E-state index in [0.717, 1.165) is 10.1 Å². The van der Waals surface area contributed by atoms with Gasteiger partial charge in [0.1, 0.15) is 11.3 Å². The Morgan fingerprint density at radius 2 is 1.79 bits per heavy atom. The number of fused-ring (bicyclic) bond motifs is 1. The van der Waals surface area contributed by atoms with Crippen molar-refractivity contribution in [2.75, 3.05) is 20.3 Å². The Labute approximate surface area is 161 Å². The molecule has 146 valence electrons. The van der Waals surface area contributed by atoms with Gasteiger partial charge in [-0.05, 0) is 17.7 Å². The molecule has 2 aromatic heterocycles. The van der Waals surface area contributed by atoms with Crippen molar-refractivity contribution in [3.63, 3.8) is 0 Å². The topological polar surface area (TPSA) is 86.4 Å². The maximum absolute atomic E-state index is 13.1. The normalized spacial score (nSPS) is 11.0. The Balaban J connectivity index is 2.01. The fourth-order valence-electron chi connectivity index (χ4n) is 2.99. The van der Waals surface area contributed by atoms with Crippen molar-refractivity contribution in [2.45, 2.75) is 6.54 Å². The summed E-state index contributed by atoms with van der Waals surface area (Å²) >= 11 is 0. The molecule has 0 fully saturated rings. The number of carbonyl (C=O) groups is 1. The first-order chi connectivity index (χ1) is 13.4. The molecular weight excluding hydrogens is 360 g/mol. The van der Waals surface area contributed by atoms with Crippen molar-refractivity contribution in [1.29, 1.82) is 0 Å². The Morgan fingerprint density at radius 3 is 2.46 bits per heavy atom. The van der Waals surface area contributed by atoms with Crippen LogP contribution < -0.4 is 11.2 Å². The van der Waals surface area contributed by atoms with Crippen molar-refractivity contribution < 1.29 is 9.53 Å². The van der Waals surface area contributed by atoms with E-state index in [0.29, 0.717) is 19.7 Å². The van der Waals surface area contributed by atoms with Crippen LogP contribution in [0.1, 0.15) is 16.1 Å². The van der Waals surface area contributed by atoms with Gasteiger partial charge in [0.25, 0.3) is 11.5 Å². The van der Waals surface area contributed by atoms with Crippen LogP contribution in [-0.2, 0) is 25.4 Å². The Kier molecular flexibility index (Phi) is 5.70. The number of hydrogen-bond acceptors (Lipinski definition) is 5. The second-order valence-electron chi connectivity index (χ2n) is 6.48. The fourth-order valence-corrected chi connectivity index (χ4v) is 2.99. The van der Waals surface area contributed by atoms with Crippen molar-refractivity contribution in [1.82, 2.24) is 19.0 Å². The monoisotopic (exact) mass is 382 g/mol. The number of hydrogen-bond donors (Lipinski definition) is 0. The number of aromatic nitrogens is 3. The molecule has 1 amide bonds. The maximum Gasteiger partial charge on any atom is 0.332 e. The Hall–Kier alpha value is -3.26. The zero-order valence-corrected chi connectivity index (χ0v) is 16.1. The SMILES string of the molecule is COCCN(Cc1ccccc1)C(=O)c1ccc2c(=O)n(C)c(=O)n(C)c2n1. The van der Waals surface area contributed by atoms with E-state index in [1.54, 1.807) is 12.0 Å². The number of methoxy groups -OCH3 is 1. The predicted octanol–water partition coefficient (Wildman–Crippen LogP) is 0.921. The predicted molar refractivity (Wildman–Crippen MR) is 105 cm³/mol. The van der Waals surface area contributed by atoms with Gasteiger partial charge in [-0.25, -0.2) is 9.78 Å². The van der Waals surface area contributed by atoms with Crippen molar-refractivity contribution in [3.05, 3.63) is 74.6 Å². The lowest BCUT2D eigenvalue weighted by Crippen LogP contribution is -2.38. The molecule has 0 N–H and O–H groups in total. The summed E-state index contributed by atoms with van der Waals surface area (Å²) in [5.74, 6) is -0.295. The van der Waals surface area contributed by atoms with Crippen LogP contribution in [0.5, 0.6) is 0 Å². The van der Waals surface area contributed by atoms with E-state index in [2.05, 4.69) is 4.98 Å². The first-order valence-electron chi connectivity index (χ1n) is 8.83. The lowest BCUT2D eigenvalue weighted by molar-refractivity contribution is 0.0675. The highest BCUT2D eigenvalue weighted by molar-refractivity contribution is 5.94. The number of carbonyl (C=O) groups excluding carboxylic acids is 1. The van der Waals surface area contributed by atoms with E-state index in [1.807, 2.05) is 30.3 Å². The van der Waals surface area contributed by atoms with E-state index in [-0.39, 0.29) is 22.6 Å². The summed E-state index contributed by atoms with van der Waals surface area (Å²) in [6, 6.07) is 12.7. The Bertz CT molecular complexity index is 1120. The summed E-state index contributed by atoms with van der Waals surface area (Å²) in [6.07, 6.45) is 0. The molecule has 0 aliphatic carbocycles. The van der Waals surface area contributed by atoms with Crippen LogP contribution in [0, 0.1) is 0 Å². The van der Waals surface area contributed by atoms with Crippen LogP contribution in [0.15, 0.2) is 52.1 Å². The van der Waals surface area contributed by atoms with Crippen LogP contribution in [0.4, 0.5) is 0 Å². The molecule has 0 aliphatic heterocycles.